The molecular weight excluding hydrogens is 232 g/mol. The van der Waals surface area contributed by atoms with E-state index in [0.717, 1.165) is 25.0 Å². The molecule has 1 rings (SSSR count). The maximum absolute atomic E-state index is 11.7. The van der Waals surface area contributed by atoms with Gasteiger partial charge in [0, 0.05) is 0 Å². The van der Waals surface area contributed by atoms with E-state index in [-0.39, 0.29) is 6.04 Å². The molecule has 0 spiro atoms. The average molecular weight is 256 g/mol. The maximum Gasteiger partial charge on any atom is 0.408 e. The predicted octanol–water partition coefficient (Wildman–Crippen LogP) is 2.70. The van der Waals surface area contributed by atoms with Gasteiger partial charge in [0.05, 0.1) is 11.8 Å². The number of carbonyl (C=O) groups excluding carboxylic acids is 1. The minimum absolute atomic E-state index is 0.0731. The molecular formula is C13H24N2O3. The molecule has 1 aliphatic rings. The zero-order valence-electron chi connectivity index (χ0n) is 11.9. The van der Waals surface area contributed by atoms with Crippen molar-refractivity contribution in [1.29, 1.82) is 0 Å². The third-order valence-corrected chi connectivity index (χ3v) is 2.81. The van der Waals surface area contributed by atoms with E-state index in [2.05, 4.69) is 17.4 Å². The summed E-state index contributed by atoms with van der Waals surface area (Å²) in [6.45, 7) is 7.72. The van der Waals surface area contributed by atoms with Crippen molar-refractivity contribution in [2.45, 2.75) is 58.6 Å². The summed E-state index contributed by atoms with van der Waals surface area (Å²) in [5.41, 5.74) is 0.409. The number of nitrogens with one attached hydrogen (secondary N) is 1. The fraction of sp³-hybridized carbons (Fsp3) is 0.846. The van der Waals surface area contributed by atoms with E-state index in [1.165, 1.54) is 7.11 Å². The van der Waals surface area contributed by atoms with Crippen LogP contribution in [0.5, 0.6) is 0 Å². The van der Waals surface area contributed by atoms with E-state index in [0.29, 0.717) is 5.92 Å². The third-order valence-electron chi connectivity index (χ3n) is 2.81. The lowest BCUT2D eigenvalue weighted by atomic mass is 9.86. The second kappa shape index (κ2) is 6.07. The number of amides is 1. The summed E-state index contributed by atoms with van der Waals surface area (Å²) >= 11 is 0. The van der Waals surface area contributed by atoms with Gasteiger partial charge in [-0.25, -0.2) is 4.79 Å². The second-order valence-electron chi connectivity index (χ2n) is 5.85. The highest BCUT2D eigenvalue weighted by Crippen LogP contribution is 2.22. The number of carbonyl (C=O) groups is 1. The summed E-state index contributed by atoms with van der Waals surface area (Å²) in [5, 5.41) is 6.87. The lowest BCUT2D eigenvalue weighted by Gasteiger charge is -2.29. The highest BCUT2D eigenvalue weighted by Gasteiger charge is 2.28. The number of alkyl carbamates (subject to hydrolysis) is 1. The molecule has 1 unspecified atom stereocenters. The van der Waals surface area contributed by atoms with Crippen LogP contribution in [0.2, 0.25) is 0 Å². The van der Waals surface area contributed by atoms with Gasteiger partial charge in [0.2, 0.25) is 0 Å². The summed E-state index contributed by atoms with van der Waals surface area (Å²) in [7, 11) is 1.52. The lowest BCUT2D eigenvalue weighted by molar-refractivity contribution is 0.0511. The van der Waals surface area contributed by atoms with Gasteiger partial charge in [-0.3, -0.25) is 0 Å². The Kier molecular flexibility index (Phi) is 4.99. The zero-order valence-corrected chi connectivity index (χ0v) is 11.9. The molecule has 0 radical (unpaired) electrons. The van der Waals surface area contributed by atoms with Crippen LogP contribution in [-0.4, -0.2) is 30.6 Å². The molecule has 1 amide bonds. The van der Waals surface area contributed by atoms with Crippen LogP contribution in [-0.2, 0) is 9.57 Å². The highest BCUT2D eigenvalue weighted by atomic mass is 16.6. The number of nitrogens with zero attached hydrogens (tertiary/aromatic N) is 1. The molecule has 1 fully saturated rings. The molecule has 0 aromatic carbocycles. The number of oxime groups is 1. The van der Waals surface area contributed by atoms with Crippen LogP contribution >= 0.6 is 0 Å². The van der Waals surface area contributed by atoms with Crippen molar-refractivity contribution in [3.8, 4) is 0 Å². The highest BCUT2D eigenvalue weighted by molar-refractivity contribution is 5.92. The maximum atomic E-state index is 11.7. The minimum atomic E-state index is -0.482. The minimum Gasteiger partial charge on any atom is -0.444 e. The molecule has 5 heteroatoms. The first-order chi connectivity index (χ1) is 8.31. The molecule has 0 aromatic rings. The molecule has 1 N–H and O–H groups in total. The van der Waals surface area contributed by atoms with Crippen LogP contribution in [0.1, 0.15) is 47.0 Å². The average Bonchev–Trinajstić information content (AvgIpc) is 2.20. The van der Waals surface area contributed by atoms with Gasteiger partial charge in [0.1, 0.15) is 12.7 Å². The number of rotatable bonds is 2. The molecule has 0 aliphatic heterocycles. The Morgan fingerprint density at radius 1 is 1.39 bits per heavy atom. The summed E-state index contributed by atoms with van der Waals surface area (Å²) in [6, 6.07) is -0.0731. The fourth-order valence-electron chi connectivity index (χ4n) is 2.04. The van der Waals surface area contributed by atoms with Crippen LogP contribution in [0, 0.1) is 5.92 Å². The van der Waals surface area contributed by atoms with E-state index < -0.39 is 11.7 Å². The molecule has 0 saturated heterocycles. The van der Waals surface area contributed by atoms with Gasteiger partial charge in [-0.2, -0.15) is 0 Å². The Morgan fingerprint density at radius 3 is 2.61 bits per heavy atom. The molecule has 2 atom stereocenters. The normalized spacial score (nSPS) is 26.8. The zero-order chi connectivity index (χ0) is 13.8. The quantitative estimate of drug-likeness (QED) is 0.773. The van der Waals surface area contributed by atoms with E-state index in [1.54, 1.807) is 0 Å². The molecule has 0 heterocycles. The second-order valence-corrected chi connectivity index (χ2v) is 5.85. The Balaban J connectivity index is 2.59. The monoisotopic (exact) mass is 256 g/mol. The number of ether oxygens (including phenoxy) is 1. The first-order valence-electron chi connectivity index (χ1n) is 6.41. The first kappa shape index (κ1) is 14.8. The van der Waals surface area contributed by atoms with Gasteiger partial charge in [-0.1, -0.05) is 12.1 Å². The van der Waals surface area contributed by atoms with Gasteiger partial charge in [0.15, 0.2) is 0 Å². The topological polar surface area (TPSA) is 59.9 Å². The fourth-order valence-corrected chi connectivity index (χ4v) is 2.04. The van der Waals surface area contributed by atoms with Gasteiger partial charge in [-0.15, -0.1) is 0 Å². The summed E-state index contributed by atoms with van der Waals surface area (Å²) in [6.07, 6.45) is 2.41. The molecule has 1 saturated carbocycles. The van der Waals surface area contributed by atoms with E-state index in [9.17, 15) is 4.79 Å². The van der Waals surface area contributed by atoms with Gasteiger partial charge in [0.25, 0.3) is 0 Å². The van der Waals surface area contributed by atoms with Crippen LogP contribution in [0.25, 0.3) is 0 Å². The molecule has 0 aromatic heterocycles. The Hall–Kier alpha value is -1.26. The van der Waals surface area contributed by atoms with Crippen molar-refractivity contribution < 1.29 is 14.4 Å². The Morgan fingerprint density at radius 2 is 2.06 bits per heavy atom. The van der Waals surface area contributed by atoms with Crippen molar-refractivity contribution in [2.24, 2.45) is 11.1 Å². The van der Waals surface area contributed by atoms with Gasteiger partial charge >= 0.3 is 6.09 Å². The largest absolute Gasteiger partial charge is 0.444 e. The number of hydrogen-bond acceptors (Lipinski definition) is 4. The van der Waals surface area contributed by atoms with Crippen molar-refractivity contribution in [3.05, 3.63) is 0 Å². The third kappa shape index (κ3) is 4.94. The van der Waals surface area contributed by atoms with Gasteiger partial charge < -0.3 is 14.9 Å². The van der Waals surface area contributed by atoms with Crippen molar-refractivity contribution >= 4 is 11.8 Å². The predicted molar refractivity (Wildman–Crippen MR) is 70.6 cm³/mol. The standard InChI is InChI=1S/C13H24N2O3/c1-9-6-7-10(11(8-9)15-17-5)14-12(16)18-13(2,3)4/h9-10H,6-8H2,1-5H3,(H,14,16)/b15-11+/t9-,10?/m0/s1. The van der Waals surface area contributed by atoms with Crippen LogP contribution in [0.3, 0.4) is 0 Å². The van der Waals surface area contributed by atoms with E-state index in [1.807, 2.05) is 20.8 Å². The molecule has 1 aliphatic carbocycles. The van der Waals surface area contributed by atoms with Crippen LogP contribution in [0.15, 0.2) is 5.16 Å². The summed E-state index contributed by atoms with van der Waals surface area (Å²) in [4.78, 5) is 16.6. The van der Waals surface area contributed by atoms with Crippen molar-refractivity contribution in [1.82, 2.24) is 5.32 Å². The van der Waals surface area contributed by atoms with E-state index >= 15 is 0 Å². The van der Waals surface area contributed by atoms with E-state index in [4.69, 9.17) is 9.57 Å². The van der Waals surface area contributed by atoms with Crippen molar-refractivity contribution in [3.63, 3.8) is 0 Å². The smallest absolute Gasteiger partial charge is 0.408 e. The van der Waals surface area contributed by atoms with Crippen LogP contribution in [0.4, 0.5) is 4.79 Å². The SMILES string of the molecule is CO/N=C1\C[C@@H](C)CCC1NC(=O)OC(C)(C)C. The molecule has 0 bridgehead atoms. The Bertz CT molecular complexity index is 321. The summed E-state index contributed by atoms with van der Waals surface area (Å²) < 4.78 is 5.25. The lowest BCUT2D eigenvalue weighted by Crippen LogP contribution is -2.46. The molecule has 5 nitrogen and oxygen atoms in total. The molecule has 104 valence electrons. The first-order valence-corrected chi connectivity index (χ1v) is 6.41. The van der Waals surface area contributed by atoms with Crippen LogP contribution < -0.4 is 5.32 Å². The Labute approximate surface area is 109 Å². The van der Waals surface area contributed by atoms with Crippen molar-refractivity contribution in [2.75, 3.05) is 7.11 Å². The van der Waals surface area contributed by atoms with Gasteiger partial charge in [-0.05, 0) is 46.0 Å². The summed E-state index contributed by atoms with van der Waals surface area (Å²) in [5.74, 6) is 0.579. The number of hydrogen-bond donors (Lipinski definition) is 1. The molecule has 18 heavy (non-hydrogen) atoms.